The molecule has 1 aromatic rings. The third-order valence-electron chi connectivity index (χ3n) is 4.63. The first kappa shape index (κ1) is 14.9. The number of nitrogens with one attached hydrogen (secondary N) is 1. The summed E-state index contributed by atoms with van der Waals surface area (Å²) in [6, 6.07) is 0. The van der Waals surface area contributed by atoms with Crippen LogP contribution in [-0.2, 0) is 11.2 Å². The number of hydrogen-bond acceptors (Lipinski definition) is 4. The predicted octanol–water partition coefficient (Wildman–Crippen LogP) is 1.34. The van der Waals surface area contributed by atoms with E-state index in [0.717, 1.165) is 30.5 Å². The van der Waals surface area contributed by atoms with Crippen LogP contribution in [-0.4, -0.2) is 64.3 Å². The van der Waals surface area contributed by atoms with Gasteiger partial charge in [0.2, 0.25) is 0 Å². The summed E-state index contributed by atoms with van der Waals surface area (Å²) in [5.74, 6) is -0.0851. The van der Waals surface area contributed by atoms with Crippen molar-refractivity contribution in [1.82, 2.24) is 20.0 Å². The van der Waals surface area contributed by atoms with Gasteiger partial charge in [0.1, 0.15) is 5.60 Å². The zero-order valence-electron chi connectivity index (χ0n) is 13.3. The summed E-state index contributed by atoms with van der Waals surface area (Å²) in [7, 11) is 1.73. The van der Waals surface area contributed by atoms with Gasteiger partial charge in [-0.15, -0.1) is 0 Å². The maximum absolute atomic E-state index is 12.7. The first-order chi connectivity index (χ1) is 10.5. The van der Waals surface area contributed by atoms with Crippen LogP contribution in [0.2, 0.25) is 0 Å². The number of carbonyl (C=O) groups is 2. The fraction of sp³-hybridized carbons (Fsp3) is 0.667. The van der Waals surface area contributed by atoms with E-state index in [1.54, 1.807) is 16.8 Å². The number of hydrogen-bond donors (Lipinski definition) is 1. The van der Waals surface area contributed by atoms with Crippen LogP contribution in [0.5, 0.6) is 0 Å². The summed E-state index contributed by atoms with van der Waals surface area (Å²) in [6.45, 7) is 5.60. The van der Waals surface area contributed by atoms with E-state index >= 15 is 0 Å². The molecule has 2 aliphatic heterocycles. The average molecular weight is 306 g/mol. The van der Waals surface area contributed by atoms with Crippen LogP contribution in [0.4, 0.5) is 4.79 Å². The number of rotatable bonds is 2. The second-order valence-electron chi connectivity index (χ2n) is 6.27. The second kappa shape index (κ2) is 5.30. The highest BCUT2D eigenvalue weighted by Gasteiger charge is 2.47. The molecule has 0 bridgehead atoms. The minimum atomic E-state index is -0.558. The Morgan fingerprint density at radius 2 is 2.23 bits per heavy atom. The highest BCUT2D eigenvalue weighted by Crippen LogP contribution is 2.32. The Labute approximate surface area is 129 Å². The van der Waals surface area contributed by atoms with Gasteiger partial charge in [-0.25, -0.2) is 4.79 Å². The molecule has 1 N–H and O–H groups in total. The highest BCUT2D eigenvalue weighted by molar-refractivity contribution is 5.94. The maximum Gasteiger partial charge on any atom is 0.410 e. The van der Waals surface area contributed by atoms with Gasteiger partial charge in [-0.2, -0.15) is 5.10 Å². The first-order valence-corrected chi connectivity index (χ1v) is 7.73. The van der Waals surface area contributed by atoms with Crippen molar-refractivity contribution >= 4 is 12.0 Å². The normalized spacial score (nSPS) is 25.0. The summed E-state index contributed by atoms with van der Waals surface area (Å²) in [5, 5.41) is 7.10. The Morgan fingerprint density at radius 3 is 2.82 bits per heavy atom. The van der Waals surface area contributed by atoms with Gasteiger partial charge in [0.25, 0.3) is 5.91 Å². The smallest absolute Gasteiger partial charge is 0.410 e. The molecule has 120 valence electrons. The lowest BCUT2D eigenvalue weighted by atomic mass is 9.92. The third-order valence-corrected chi connectivity index (χ3v) is 4.63. The number of ether oxygens (including phenoxy) is 1. The monoisotopic (exact) mass is 306 g/mol. The number of likely N-dealkylation sites (tertiary alicyclic amines) is 1. The molecule has 2 aliphatic rings. The quantitative estimate of drug-likeness (QED) is 0.894. The molecule has 0 aliphatic carbocycles. The van der Waals surface area contributed by atoms with Crippen LogP contribution in [0.3, 0.4) is 0 Å². The number of carbonyl (C=O) groups excluding carboxylic acids is 2. The molecule has 22 heavy (non-hydrogen) atoms. The van der Waals surface area contributed by atoms with Crippen LogP contribution >= 0.6 is 0 Å². The van der Waals surface area contributed by atoms with Gasteiger partial charge in [0, 0.05) is 24.8 Å². The molecular weight excluding hydrogens is 284 g/mol. The predicted molar refractivity (Wildman–Crippen MR) is 79.7 cm³/mol. The van der Waals surface area contributed by atoms with E-state index in [9.17, 15) is 9.59 Å². The van der Waals surface area contributed by atoms with E-state index in [1.807, 2.05) is 13.8 Å². The third kappa shape index (κ3) is 2.34. The fourth-order valence-electron chi connectivity index (χ4n) is 3.41. The van der Waals surface area contributed by atoms with Crippen LogP contribution in [0.1, 0.15) is 41.5 Å². The number of aryl methyl sites for hydroxylation is 1. The Bertz CT molecular complexity index is 612. The van der Waals surface area contributed by atoms with E-state index < -0.39 is 5.60 Å². The molecular formula is C15H22N4O3. The first-order valence-electron chi connectivity index (χ1n) is 7.73. The Hall–Kier alpha value is -2.05. The Morgan fingerprint density at radius 1 is 1.45 bits per heavy atom. The summed E-state index contributed by atoms with van der Waals surface area (Å²) < 4.78 is 5.54. The lowest BCUT2D eigenvalue weighted by Crippen LogP contribution is -2.52. The molecule has 7 heteroatoms. The van der Waals surface area contributed by atoms with Crippen LogP contribution in [0.25, 0.3) is 0 Å². The van der Waals surface area contributed by atoms with Crippen molar-refractivity contribution in [2.24, 2.45) is 0 Å². The number of piperidine rings is 1. The van der Waals surface area contributed by atoms with E-state index in [0.29, 0.717) is 25.3 Å². The molecule has 0 saturated carbocycles. The van der Waals surface area contributed by atoms with Crippen molar-refractivity contribution in [3.8, 4) is 0 Å². The van der Waals surface area contributed by atoms with Crippen molar-refractivity contribution in [2.75, 3.05) is 26.7 Å². The largest absolute Gasteiger partial charge is 0.439 e. The number of H-pyrrole nitrogens is 1. The molecule has 3 heterocycles. The second-order valence-corrected chi connectivity index (χ2v) is 6.27. The summed E-state index contributed by atoms with van der Waals surface area (Å²) in [5.41, 5.74) is 1.82. The van der Waals surface area contributed by atoms with Gasteiger partial charge in [0.15, 0.2) is 5.69 Å². The lowest BCUT2D eigenvalue weighted by Gasteiger charge is -2.38. The number of nitrogens with zero attached hydrogens (tertiary/aromatic N) is 3. The Balaban J connectivity index is 1.78. The standard InChI is InChI=1S/C15H22N4O3/c1-4-11-10(2)12(17-16-11)13(20)19-7-5-6-15(9-19)8-18(3)14(21)22-15/h4-9H2,1-3H3,(H,16,17)/t15-/m1/s1. The van der Waals surface area contributed by atoms with E-state index in [-0.39, 0.29) is 12.0 Å². The fourth-order valence-corrected chi connectivity index (χ4v) is 3.41. The van der Waals surface area contributed by atoms with Gasteiger partial charge >= 0.3 is 6.09 Å². The zero-order valence-corrected chi connectivity index (χ0v) is 13.3. The van der Waals surface area contributed by atoms with E-state index in [2.05, 4.69) is 10.2 Å². The molecule has 1 aromatic heterocycles. The topological polar surface area (TPSA) is 78.5 Å². The van der Waals surface area contributed by atoms with Crippen molar-refractivity contribution in [1.29, 1.82) is 0 Å². The average Bonchev–Trinajstić information content (AvgIpc) is 2.98. The molecule has 1 spiro atoms. The number of aromatic nitrogens is 2. The molecule has 2 fully saturated rings. The molecule has 0 aromatic carbocycles. The molecule has 3 rings (SSSR count). The van der Waals surface area contributed by atoms with Crippen LogP contribution < -0.4 is 0 Å². The van der Waals surface area contributed by atoms with Gasteiger partial charge in [-0.3, -0.25) is 9.89 Å². The van der Waals surface area contributed by atoms with Gasteiger partial charge in [-0.1, -0.05) is 6.92 Å². The zero-order chi connectivity index (χ0) is 15.9. The molecule has 7 nitrogen and oxygen atoms in total. The van der Waals surface area contributed by atoms with E-state index in [4.69, 9.17) is 4.74 Å². The highest BCUT2D eigenvalue weighted by atomic mass is 16.6. The molecule has 0 radical (unpaired) electrons. The lowest BCUT2D eigenvalue weighted by molar-refractivity contribution is -0.00544. The van der Waals surface area contributed by atoms with Crippen molar-refractivity contribution in [3.05, 3.63) is 17.0 Å². The SMILES string of the molecule is CCc1[nH]nc(C(=O)N2CCC[C@@]3(CN(C)C(=O)O3)C2)c1C. The van der Waals surface area contributed by atoms with E-state index in [1.165, 1.54) is 0 Å². The van der Waals surface area contributed by atoms with Gasteiger partial charge < -0.3 is 14.5 Å². The van der Waals surface area contributed by atoms with Crippen molar-refractivity contribution < 1.29 is 14.3 Å². The molecule has 2 amide bonds. The minimum Gasteiger partial charge on any atom is -0.439 e. The summed E-state index contributed by atoms with van der Waals surface area (Å²) in [4.78, 5) is 27.8. The van der Waals surface area contributed by atoms with Gasteiger partial charge in [0.05, 0.1) is 13.1 Å². The van der Waals surface area contributed by atoms with Crippen LogP contribution in [0.15, 0.2) is 0 Å². The van der Waals surface area contributed by atoms with Crippen molar-refractivity contribution in [3.63, 3.8) is 0 Å². The van der Waals surface area contributed by atoms with Crippen molar-refractivity contribution in [2.45, 2.75) is 38.7 Å². The molecule has 0 unspecified atom stereocenters. The minimum absolute atomic E-state index is 0.0851. The summed E-state index contributed by atoms with van der Waals surface area (Å²) >= 11 is 0. The van der Waals surface area contributed by atoms with Gasteiger partial charge in [-0.05, 0) is 26.2 Å². The Kier molecular flexibility index (Phi) is 3.58. The maximum atomic E-state index is 12.7. The molecule has 2 saturated heterocycles. The number of aromatic amines is 1. The number of likely N-dealkylation sites (N-methyl/N-ethyl adjacent to an activating group) is 1. The number of amides is 2. The van der Waals surface area contributed by atoms with Crippen LogP contribution in [0, 0.1) is 6.92 Å². The molecule has 1 atom stereocenters. The summed E-state index contributed by atoms with van der Waals surface area (Å²) in [6.07, 6.45) is 2.14.